The van der Waals surface area contributed by atoms with Crippen LogP contribution in [-0.2, 0) is 10.2 Å². The van der Waals surface area contributed by atoms with E-state index in [9.17, 15) is 9.35 Å². The quantitative estimate of drug-likeness (QED) is 0.341. The number of fused-ring (bicyclic) bond motifs is 4. The van der Waals surface area contributed by atoms with Crippen LogP contribution in [0, 0.1) is 0 Å². The Bertz CT molecular complexity index is 1430. The molecule has 2 aromatic carbocycles. The third-order valence-corrected chi connectivity index (χ3v) is 10.9. The van der Waals surface area contributed by atoms with Gasteiger partial charge in [0.2, 0.25) is 0 Å². The highest BCUT2D eigenvalue weighted by molar-refractivity contribution is 8.26. The molecule has 40 heavy (non-hydrogen) atoms. The molecule has 0 spiro atoms. The first kappa shape index (κ1) is 28.8. The number of nitrogens with zero attached hydrogens (tertiary/aromatic N) is 3. The second kappa shape index (κ2) is 11.3. The molecule has 1 atom stereocenters. The van der Waals surface area contributed by atoms with Gasteiger partial charge in [0.25, 0.3) is 0 Å². The summed E-state index contributed by atoms with van der Waals surface area (Å²) in [5.41, 5.74) is 4.56. The van der Waals surface area contributed by atoms with E-state index < -0.39 is 15.9 Å². The van der Waals surface area contributed by atoms with Crippen LogP contribution in [0.1, 0.15) is 60.4 Å². The molecule has 5 rings (SSSR count). The average molecular weight is 567 g/mol. The van der Waals surface area contributed by atoms with E-state index in [1.807, 2.05) is 42.8 Å². The molecular formula is C31H42N4O4S. The maximum Gasteiger partial charge on any atom is 0.195 e. The van der Waals surface area contributed by atoms with Crippen LogP contribution in [0.25, 0.3) is 10.9 Å². The number of carbonyl (C=O) groups is 1. The molecule has 3 aromatic rings. The summed E-state index contributed by atoms with van der Waals surface area (Å²) in [5, 5.41) is 0.903. The summed E-state index contributed by atoms with van der Waals surface area (Å²) in [6, 6.07) is 9.95. The first-order valence-electron chi connectivity index (χ1n) is 14.1. The molecule has 1 aliphatic heterocycles. The fourth-order valence-corrected chi connectivity index (χ4v) is 7.94. The summed E-state index contributed by atoms with van der Waals surface area (Å²) >= 11 is 0. The van der Waals surface area contributed by atoms with Gasteiger partial charge in [0.1, 0.15) is 12.4 Å². The summed E-state index contributed by atoms with van der Waals surface area (Å²) in [6.45, 7) is 14.2. The number of aliphatic imine (C=N–C) groups is 1. The smallest absolute Gasteiger partial charge is 0.195 e. The molecule has 2 aliphatic rings. The van der Waals surface area contributed by atoms with E-state index in [0.29, 0.717) is 54.7 Å². The lowest BCUT2D eigenvalue weighted by Gasteiger charge is -2.44. The predicted molar refractivity (Wildman–Crippen MR) is 164 cm³/mol. The molecule has 0 saturated carbocycles. The van der Waals surface area contributed by atoms with Gasteiger partial charge in [-0.1, -0.05) is 50.3 Å². The molecule has 1 fully saturated rings. The standard InChI is InChI=1S/C31H42N4O4S/c1-7-34(8-2)11-16-39-26-19-24-23(18-27(26)40(6,37)35-12-14-38-15-13-35)29(36)28-22-10-9-21(20-32-5)17-25(22)33-30(28)31(24,3)4/h9-10,17-20,33,37H,7-8,11-16H2,1-6H3. The molecular weight excluding hydrogens is 524 g/mol. The van der Waals surface area contributed by atoms with E-state index in [4.69, 9.17) is 9.47 Å². The molecule has 0 bridgehead atoms. The maximum absolute atomic E-state index is 14.2. The number of hydrogen-bond acceptors (Lipinski definition) is 7. The Hall–Kier alpha value is -2.69. The van der Waals surface area contributed by atoms with E-state index in [1.54, 1.807) is 7.05 Å². The molecule has 2 N–H and O–H groups in total. The summed E-state index contributed by atoms with van der Waals surface area (Å²) in [4.78, 5) is 24.9. The van der Waals surface area contributed by atoms with Crippen LogP contribution < -0.4 is 4.74 Å². The van der Waals surface area contributed by atoms with Gasteiger partial charge in [-0.3, -0.25) is 9.79 Å². The van der Waals surface area contributed by atoms with Gasteiger partial charge < -0.3 is 23.9 Å². The van der Waals surface area contributed by atoms with Crippen LogP contribution in [0.15, 0.2) is 40.2 Å². The lowest BCUT2D eigenvalue weighted by atomic mass is 9.71. The van der Waals surface area contributed by atoms with Crippen molar-refractivity contribution in [3.63, 3.8) is 0 Å². The number of ether oxygens (including phenoxy) is 2. The van der Waals surface area contributed by atoms with Crippen LogP contribution in [-0.4, -0.2) is 96.6 Å². The van der Waals surface area contributed by atoms with Crippen molar-refractivity contribution in [2.24, 2.45) is 4.99 Å². The number of likely N-dealkylation sites (N-methyl/N-ethyl adjacent to an activating group) is 1. The van der Waals surface area contributed by atoms with Gasteiger partial charge in [-0.25, -0.2) is 4.31 Å². The number of ketones is 1. The fraction of sp³-hybridized carbons (Fsp3) is 0.484. The van der Waals surface area contributed by atoms with Gasteiger partial charge >= 0.3 is 0 Å². The van der Waals surface area contributed by atoms with Crippen molar-refractivity contribution in [3.05, 3.63) is 58.3 Å². The molecule has 0 amide bonds. The van der Waals surface area contributed by atoms with Gasteiger partial charge in [0.15, 0.2) is 5.78 Å². The predicted octanol–water partition coefficient (Wildman–Crippen LogP) is 5.32. The van der Waals surface area contributed by atoms with Crippen molar-refractivity contribution in [2.75, 3.05) is 65.8 Å². The number of hydrogen-bond donors (Lipinski definition) is 2. The Morgan fingerprint density at radius 3 is 2.60 bits per heavy atom. The van der Waals surface area contributed by atoms with Crippen LogP contribution in [0.5, 0.6) is 5.75 Å². The Labute approximate surface area is 239 Å². The zero-order valence-electron chi connectivity index (χ0n) is 24.5. The second-order valence-corrected chi connectivity index (χ2v) is 13.7. The third-order valence-electron chi connectivity index (χ3n) is 8.40. The highest BCUT2D eigenvalue weighted by atomic mass is 32.3. The molecule has 216 valence electrons. The van der Waals surface area contributed by atoms with Gasteiger partial charge in [0.05, 0.1) is 23.7 Å². The topological polar surface area (TPSA) is 90.4 Å². The van der Waals surface area contributed by atoms with E-state index >= 15 is 0 Å². The zero-order chi connectivity index (χ0) is 28.7. The Morgan fingerprint density at radius 1 is 1.20 bits per heavy atom. The molecule has 9 heteroatoms. The lowest BCUT2D eigenvalue weighted by Crippen LogP contribution is -2.38. The van der Waals surface area contributed by atoms with Crippen LogP contribution >= 0.6 is 10.5 Å². The van der Waals surface area contributed by atoms with Crippen LogP contribution in [0.2, 0.25) is 0 Å². The number of H-pyrrole nitrogens is 1. The van der Waals surface area contributed by atoms with Crippen molar-refractivity contribution in [1.29, 1.82) is 0 Å². The monoisotopic (exact) mass is 566 g/mol. The second-order valence-electron chi connectivity index (χ2n) is 11.1. The summed E-state index contributed by atoms with van der Waals surface area (Å²) in [6.07, 6.45) is 3.69. The fourth-order valence-electron chi connectivity index (χ4n) is 5.96. The van der Waals surface area contributed by atoms with E-state index in [1.165, 1.54) is 0 Å². The molecule has 8 nitrogen and oxygen atoms in total. The van der Waals surface area contributed by atoms with Crippen molar-refractivity contribution < 1.29 is 18.8 Å². The summed E-state index contributed by atoms with van der Waals surface area (Å²) in [7, 11) is -0.677. The number of carbonyl (C=O) groups excluding carboxylic acids is 1. The molecule has 2 heterocycles. The number of morpholine rings is 1. The Kier molecular flexibility index (Phi) is 8.14. The normalized spacial score (nSPS) is 19.6. The van der Waals surface area contributed by atoms with E-state index in [0.717, 1.165) is 47.4 Å². The zero-order valence-corrected chi connectivity index (χ0v) is 25.4. The van der Waals surface area contributed by atoms with E-state index in [-0.39, 0.29) is 5.78 Å². The first-order chi connectivity index (χ1) is 19.1. The SMILES string of the molecule is CCN(CC)CCOc1cc2c(cc1S(C)(O)N1CCOCC1)C(=O)c1c([nH]c3cc(C=NC)ccc13)C2(C)C. The van der Waals surface area contributed by atoms with Gasteiger partial charge in [-0.2, -0.15) is 0 Å². The van der Waals surface area contributed by atoms with Crippen molar-refractivity contribution >= 4 is 33.4 Å². The number of rotatable bonds is 9. The Balaban J connectivity index is 1.64. The van der Waals surface area contributed by atoms with E-state index in [2.05, 4.69) is 46.9 Å². The minimum atomic E-state index is -2.43. The maximum atomic E-state index is 14.2. The molecule has 0 radical (unpaired) electrons. The lowest BCUT2D eigenvalue weighted by molar-refractivity contribution is 0.0727. The molecule has 1 aromatic heterocycles. The number of nitrogens with one attached hydrogen (secondary N) is 1. The number of aromatic nitrogens is 1. The van der Waals surface area contributed by atoms with Crippen LogP contribution in [0.3, 0.4) is 0 Å². The average Bonchev–Trinajstić information content (AvgIpc) is 3.35. The van der Waals surface area contributed by atoms with Gasteiger partial charge in [-0.05, 0) is 42.4 Å². The first-order valence-corrected chi connectivity index (χ1v) is 16.1. The largest absolute Gasteiger partial charge is 0.491 e. The third kappa shape index (κ3) is 4.99. The van der Waals surface area contributed by atoms with Gasteiger partial charge in [-0.15, -0.1) is 0 Å². The minimum Gasteiger partial charge on any atom is -0.491 e. The minimum absolute atomic E-state index is 0.0272. The highest BCUT2D eigenvalue weighted by Gasteiger charge is 2.42. The molecule has 1 aliphatic carbocycles. The van der Waals surface area contributed by atoms with Crippen molar-refractivity contribution in [2.45, 2.75) is 38.0 Å². The molecule has 1 saturated heterocycles. The van der Waals surface area contributed by atoms with Crippen LogP contribution in [0.4, 0.5) is 0 Å². The van der Waals surface area contributed by atoms with Gasteiger partial charge in [0, 0.05) is 66.7 Å². The summed E-state index contributed by atoms with van der Waals surface area (Å²) < 4.78 is 26.2. The Morgan fingerprint density at radius 2 is 1.93 bits per heavy atom. The molecule has 1 unspecified atom stereocenters. The highest BCUT2D eigenvalue weighted by Crippen LogP contribution is 2.58. The number of aromatic amines is 1. The number of benzene rings is 2. The van der Waals surface area contributed by atoms with Crippen molar-refractivity contribution in [1.82, 2.24) is 14.2 Å². The van der Waals surface area contributed by atoms with Crippen molar-refractivity contribution in [3.8, 4) is 5.75 Å². The summed E-state index contributed by atoms with van der Waals surface area (Å²) in [5.74, 6) is 0.625.